The number of aromatic amines is 1. The number of imidazole rings is 1. The number of rotatable bonds is 3. The highest BCUT2D eigenvalue weighted by Gasteiger charge is 2.13. The number of nitrogens with zero attached hydrogens (tertiary/aromatic N) is 1. The van der Waals surface area contributed by atoms with Crippen LogP contribution in [0.4, 0.5) is 0 Å². The van der Waals surface area contributed by atoms with Gasteiger partial charge in [-0.3, -0.25) is 4.98 Å². The average Bonchev–Trinajstić information content (AvgIpc) is 2.69. The Balaban J connectivity index is 1.72. The first-order valence-electron chi connectivity index (χ1n) is 5.47. The number of H-pyrrole nitrogens is 1. The van der Waals surface area contributed by atoms with Crippen LogP contribution >= 0.6 is 0 Å². The monoisotopic (exact) mass is 179 g/mol. The Morgan fingerprint density at radius 2 is 2.08 bits per heavy atom. The highest BCUT2D eigenvalue weighted by molar-refractivity contribution is 4.64. The van der Waals surface area contributed by atoms with E-state index in [4.69, 9.17) is 0 Å². The summed E-state index contributed by atoms with van der Waals surface area (Å²) in [7, 11) is 0. The molecule has 0 saturated heterocycles. The maximum Gasteiger partial charge on any atom is 0.241 e. The van der Waals surface area contributed by atoms with Crippen molar-refractivity contribution in [2.45, 2.75) is 45.1 Å². The van der Waals surface area contributed by atoms with Crippen LogP contribution in [0.25, 0.3) is 0 Å². The molecule has 1 fully saturated rings. The van der Waals surface area contributed by atoms with Gasteiger partial charge in [-0.15, -0.1) is 0 Å². The standard InChI is InChI=1S/C11H18N2/c1-2-4-11(5-3-1)6-8-13-9-7-12-10-13/h7,9-11H,1-6,8H2/p+1. The van der Waals surface area contributed by atoms with Gasteiger partial charge in [0.1, 0.15) is 12.4 Å². The molecule has 0 aliphatic heterocycles. The van der Waals surface area contributed by atoms with Crippen LogP contribution in [-0.4, -0.2) is 4.98 Å². The van der Waals surface area contributed by atoms with Crippen LogP contribution in [0.2, 0.25) is 0 Å². The predicted molar refractivity (Wildman–Crippen MR) is 52.2 cm³/mol. The summed E-state index contributed by atoms with van der Waals surface area (Å²) >= 11 is 0. The molecule has 0 amide bonds. The molecule has 2 nitrogen and oxygen atoms in total. The van der Waals surface area contributed by atoms with E-state index in [-0.39, 0.29) is 0 Å². The molecule has 0 atom stereocenters. The van der Waals surface area contributed by atoms with Crippen LogP contribution < -0.4 is 4.57 Å². The molecule has 0 radical (unpaired) electrons. The van der Waals surface area contributed by atoms with Gasteiger partial charge in [-0.2, -0.15) is 0 Å². The highest BCUT2D eigenvalue weighted by Crippen LogP contribution is 2.25. The minimum absolute atomic E-state index is 0.996. The Morgan fingerprint density at radius 3 is 2.77 bits per heavy atom. The van der Waals surface area contributed by atoms with Crippen molar-refractivity contribution in [3.63, 3.8) is 0 Å². The molecule has 1 saturated carbocycles. The molecule has 0 aromatic carbocycles. The third kappa shape index (κ3) is 2.58. The molecule has 1 aliphatic rings. The normalized spacial score (nSPS) is 19.1. The summed E-state index contributed by atoms with van der Waals surface area (Å²) in [6, 6.07) is 0. The van der Waals surface area contributed by atoms with E-state index < -0.39 is 0 Å². The van der Waals surface area contributed by atoms with E-state index in [9.17, 15) is 0 Å². The van der Waals surface area contributed by atoms with Crippen molar-refractivity contribution >= 4 is 0 Å². The lowest BCUT2D eigenvalue weighted by Gasteiger charge is -2.20. The zero-order chi connectivity index (χ0) is 8.93. The maximum atomic E-state index is 3.08. The molecule has 1 aromatic rings. The second-order valence-electron chi connectivity index (χ2n) is 4.14. The van der Waals surface area contributed by atoms with E-state index in [0.29, 0.717) is 0 Å². The maximum absolute atomic E-state index is 3.08. The number of hydrogen-bond donors (Lipinski definition) is 1. The first-order chi connectivity index (χ1) is 6.45. The Hall–Kier alpha value is -0.790. The van der Waals surface area contributed by atoms with Crippen molar-refractivity contribution in [1.82, 2.24) is 4.98 Å². The van der Waals surface area contributed by atoms with Gasteiger partial charge < -0.3 is 0 Å². The fourth-order valence-electron chi connectivity index (χ4n) is 2.27. The Kier molecular flexibility index (Phi) is 3.01. The zero-order valence-corrected chi connectivity index (χ0v) is 8.21. The summed E-state index contributed by atoms with van der Waals surface area (Å²) in [6.07, 6.45) is 14.8. The number of nitrogens with one attached hydrogen (secondary N) is 1. The van der Waals surface area contributed by atoms with Crippen LogP contribution in [0.3, 0.4) is 0 Å². The van der Waals surface area contributed by atoms with Crippen molar-refractivity contribution in [1.29, 1.82) is 0 Å². The van der Waals surface area contributed by atoms with Gasteiger partial charge in [-0.1, -0.05) is 32.1 Å². The summed E-state index contributed by atoms with van der Waals surface area (Å²) in [5.74, 6) is 0.996. The predicted octanol–water partition coefficient (Wildman–Crippen LogP) is 2.27. The third-order valence-electron chi connectivity index (χ3n) is 3.12. The Bertz CT molecular complexity index is 222. The summed E-state index contributed by atoms with van der Waals surface area (Å²) < 4.78 is 2.24. The van der Waals surface area contributed by atoms with E-state index in [1.807, 2.05) is 12.5 Å². The smallest absolute Gasteiger partial charge is 0.241 e. The third-order valence-corrected chi connectivity index (χ3v) is 3.12. The molecular formula is C11H19N2+. The summed E-state index contributed by atoms with van der Waals surface area (Å²) in [6.45, 7) is 1.19. The SMILES string of the molecule is c1c[n+](CCC2CCCCC2)c[nH]1. The van der Waals surface area contributed by atoms with Crippen LogP contribution in [0.15, 0.2) is 18.7 Å². The first-order valence-corrected chi connectivity index (χ1v) is 5.47. The van der Waals surface area contributed by atoms with E-state index in [1.165, 1.54) is 45.1 Å². The van der Waals surface area contributed by atoms with E-state index >= 15 is 0 Å². The van der Waals surface area contributed by atoms with Crippen LogP contribution in [0.1, 0.15) is 38.5 Å². The van der Waals surface area contributed by atoms with E-state index in [0.717, 1.165) is 5.92 Å². The van der Waals surface area contributed by atoms with Gasteiger partial charge in [0.05, 0.1) is 6.54 Å². The van der Waals surface area contributed by atoms with Gasteiger partial charge >= 0.3 is 0 Å². The number of aromatic nitrogens is 2. The number of aryl methyl sites for hydroxylation is 1. The highest BCUT2D eigenvalue weighted by atomic mass is 15.0. The largest absolute Gasteiger partial charge is 0.250 e. The Labute approximate surface area is 80.0 Å². The summed E-state index contributed by atoms with van der Waals surface area (Å²) in [5, 5.41) is 0. The molecule has 72 valence electrons. The lowest BCUT2D eigenvalue weighted by Crippen LogP contribution is -2.31. The topological polar surface area (TPSA) is 19.7 Å². The fourth-order valence-corrected chi connectivity index (χ4v) is 2.27. The summed E-state index contributed by atoms with van der Waals surface area (Å²) in [5.41, 5.74) is 0. The molecule has 1 aromatic heterocycles. The first kappa shape index (κ1) is 8.79. The van der Waals surface area contributed by atoms with E-state index in [1.54, 1.807) is 0 Å². The van der Waals surface area contributed by atoms with Gasteiger partial charge in [0.25, 0.3) is 0 Å². The molecule has 0 bridgehead atoms. The molecule has 13 heavy (non-hydrogen) atoms. The molecule has 2 rings (SSSR count). The second kappa shape index (κ2) is 4.45. The lowest BCUT2D eigenvalue weighted by atomic mass is 9.87. The lowest BCUT2D eigenvalue weighted by molar-refractivity contribution is -0.696. The van der Waals surface area contributed by atoms with Crippen molar-refractivity contribution in [3.8, 4) is 0 Å². The number of hydrogen-bond acceptors (Lipinski definition) is 0. The van der Waals surface area contributed by atoms with Gasteiger partial charge in [-0.25, -0.2) is 4.57 Å². The molecule has 0 unspecified atom stereocenters. The zero-order valence-electron chi connectivity index (χ0n) is 8.21. The van der Waals surface area contributed by atoms with E-state index in [2.05, 4.69) is 15.7 Å². The van der Waals surface area contributed by atoms with Crippen LogP contribution in [-0.2, 0) is 6.54 Å². The van der Waals surface area contributed by atoms with Crippen molar-refractivity contribution in [2.75, 3.05) is 0 Å². The van der Waals surface area contributed by atoms with Crippen molar-refractivity contribution < 1.29 is 4.57 Å². The van der Waals surface area contributed by atoms with Crippen LogP contribution in [0.5, 0.6) is 0 Å². The van der Waals surface area contributed by atoms with Gasteiger partial charge in [0, 0.05) is 0 Å². The van der Waals surface area contributed by atoms with Gasteiger partial charge in [0.15, 0.2) is 0 Å². The molecule has 1 N–H and O–H groups in total. The average molecular weight is 179 g/mol. The molecule has 0 spiro atoms. The van der Waals surface area contributed by atoms with Crippen LogP contribution in [0, 0.1) is 5.92 Å². The molecule has 2 heteroatoms. The van der Waals surface area contributed by atoms with Gasteiger partial charge in [0.2, 0.25) is 6.33 Å². The molecular weight excluding hydrogens is 160 g/mol. The minimum atomic E-state index is 0.996. The second-order valence-corrected chi connectivity index (χ2v) is 4.14. The fraction of sp³-hybridized carbons (Fsp3) is 0.727. The molecule has 1 aliphatic carbocycles. The van der Waals surface area contributed by atoms with Gasteiger partial charge in [-0.05, 0) is 12.3 Å². The van der Waals surface area contributed by atoms with Crippen molar-refractivity contribution in [2.24, 2.45) is 5.92 Å². The minimum Gasteiger partial charge on any atom is -0.250 e. The Morgan fingerprint density at radius 1 is 1.23 bits per heavy atom. The molecule has 1 heterocycles. The summed E-state index contributed by atoms with van der Waals surface area (Å²) in [4.78, 5) is 3.08. The van der Waals surface area contributed by atoms with Crippen molar-refractivity contribution in [3.05, 3.63) is 18.7 Å². The quantitative estimate of drug-likeness (QED) is 0.687.